The molecule has 27 heavy (non-hydrogen) atoms. The van der Waals surface area contributed by atoms with Crippen LogP contribution in [0.15, 0.2) is 52.9 Å². The highest BCUT2D eigenvalue weighted by Gasteiger charge is 2.23. The van der Waals surface area contributed by atoms with E-state index in [9.17, 15) is 9.59 Å². The number of carbonyl (C=O) groups is 2. The van der Waals surface area contributed by atoms with E-state index in [0.29, 0.717) is 34.7 Å². The van der Waals surface area contributed by atoms with Gasteiger partial charge in [0, 0.05) is 11.3 Å². The molecule has 2 amide bonds. The third-order valence-corrected chi connectivity index (χ3v) is 4.01. The summed E-state index contributed by atoms with van der Waals surface area (Å²) >= 11 is 0. The van der Waals surface area contributed by atoms with E-state index in [4.69, 9.17) is 9.15 Å². The number of carbonyl (C=O) groups excluding carboxylic acids is 2. The molecule has 1 aromatic heterocycles. The summed E-state index contributed by atoms with van der Waals surface area (Å²) in [5.41, 5.74) is 1.43. The summed E-state index contributed by atoms with van der Waals surface area (Å²) in [4.78, 5) is 25.1. The van der Waals surface area contributed by atoms with Gasteiger partial charge in [-0.15, -0.1) is 0 Å². The molecule has 0 bridgehead atoms. The van der Waals surface area contributed by atoms with Gasteiger partial charge in [-0.1, -0.05) is 38.1 Å². The number of rotatable bonds is 6. The maximum Gasteiger partial charge on any atom is 0.293 e. The number of hydrogen-bond donors (Lipinski definition) is 2. The third-order valence-electron chi connectivity index (χ3n) is 4.01. The summed E-state index contributed by atoms with van der Waals surface area (Å²) in [6.45, 7) is 5.93. The fraction of sp³-hybridized carbons (Fsp3) is 0.238. The molecule has 0 aliphatic rings. The number of furan rings is 1. The first-order chi connectivity index (χ1) is 13.0. The molecule has 0 fully saturated rings. The molecule has 0 aliphatic carbocycles. The zero-order valence-electron chi connectivity index (χ0n) is 15.5. The zero-order valence-corrected chi connectivity index (χ0v) is 15.5. The molecule has 0 atom stereocenters. The number of nitrogens with one attached hydrogen (secondary N) is 2. The number of anilines is 2. The van der Waals surface area contributed by atoms with Crippen LogP contribution in [0.2, 0.25) is 0 Å². The van der Waals surface area contributed by atoms with Crippen LogP contribution in [0.4, 0.5) is 11.4 Å². The average molecular weight is 366 g/mol. The molecule has 140 valence electrons. The van der Waals surface area contributed by atoms with Crippen molar-refractivity contribution in [3.8, 4) is 5.75 Å². The predicted octanol–water partition coefficient (Wildman–Crippen LogP) is 4.68. The highest BCUT2D eigenvalue weighted by Crippen LogP contribution is 2.33. The van der Waals surface area contributed by atoms with Crippen molar-refractivity contribution < 1.29 is 18.7 Å². The molecule has 0 aliphatic heterocycles. The van der Waals surface area contributed by atoms with Crippen LogP contribution in [0, 0.1) is 5.92 Å². The minimum atomic E-state index is -0.461. The van der Waals surface area contributed by atoms with Crippen molar-refractivity contribution in [2.75, 3.05) is 17.2 Å². The fourth-order valence-corrected chi connectivity index (χ4v) is 2.63. The van der Waals surface area contributed by atoms with Crippen LogP contribution in [0.5, 0.6) is 5.75 Å². The topological polar surface area (TPSA) is 80.6 Å². The highest BCUT2D eigenvalue weighted by molar-refractivity contribution is 6.15. The van der Waals surface area contributed by atoms with Crippen LogP contribution in [-0.4, -0.2) is 18.4 Å². The molecule has 2 aromatic carbocycles. The monoisotopic (exact) mass is 366 g/mol. The van der Waals surface area contributed by atoms with Crippen LogP contribution in [-0.2, 0) is 4.79 Å². The summed E-state index contributed by atoms with van der Waals surface area (Å²) < 4.78 is 11.3. The van der Waals surface area contributed by atoms with E-state index in [-0.39, 0.29) is 17.6 Å². The van der Waals surface area contributed by atoms with E-state index in [1.54, 1.807) is 44.2 Å². The molecular formula is C21H22N2O4. The van der Waals surface area contributed by atoms with Crippen LogP contribution < -0.4 is 15.4 Å². The molecule has 1 heterocycles. The summed E-state index contributed by atoms with van der Waals surface area (Å²) in [6, 6.07) is 14.4. The minimum Gasteiger partial charge on any atom is -0.492 e. The van der Waals surface area contributed by atoms with Crippen molar-refractivity contribution in [1.29, 1.82) is 0 Å². The Hall–Kier alpha value is -3.28. The van der Waals surface area contributed by atoms with Gasteiger partial charge in [0.2, 0.25) is 11.7 Å². The Bertz CT molecular complexity index is 975. The maximum absolute atomic E-state index is 12.9. The van der Waals surface area contributed by atoms with Gasteiger partial charge in [0.15, 0.2) is 0 Å². The molecular weight excluding hydrogens is 344 g/mol. The SMILES string of the molecule is CCOc1ccccc1NC(=O)c1oc2ccccc2c1NC(=O)C(C)C. The van der Waals surface area contributed by atoms with E-state index in [0.717, 1.165) is 0 Å². The van der Waals surface area contributed by atoms with Crippen molar-refractivity contribution in [2.24, 2.45) is 5.92 Å². The zero-order chi connectivity index (χ0) is 19.4. The number of fused-ring (bicyclic) bond motifs is 1. The largest absolute Gasteiger partial charge is 0.492 e. The van der Waals surface area contributed by atoms with Gasteiger partial charge in [-0.05, 0) is 31.2 Å². The number of ether oxygens (including phenoxy) is 1. The summed E-state index contributed by atoms with van der Waals surface area (Å²) in [7, 11) is 0. The van der Waals surface area contributed by atoms with Gasteiger partial charge in [-0.3, -0.25) is 9.59 Å². The Morgan fingerprint density at radius 3 is 2.48 bits per heavy atom. The van der Waals surface area contributed by atoms with Crippen LogP contribution in [0.3, 0.4) is 0 Å². The lowest BCUT2D eigenvalue weighted by Crippen LogP contribution is -2.20. The van der Waals surface area contributed by atoms with Crippen molar-refractivity contribution >= 4 is 34.2 Å². The Kier molecular flexibility index (Phi) is 5.45. The molecule has 3 aromatic rings. The highest BCUT2D eigenvalue weighted by atomic mass is 16.5. The second-order valence-corrected chi connectivity index (χ2v) is 6.33. The molecule has 6 heteroatoms. The van der Waals surface area contributed by atoms with Gasteiger partial charge >= 0.3 is 0 Å². The quantitative estimate of drug-likeness (QED) is 0.664. The molecule has 0 saturated heterocycles. The van der Waals surface area contributed by atoms with E-state index in [1.165, 1.54) is 0 Å². The van der Waals surface area contributed by atoms with Gasteiger partial charge in [0.25, 0.3) is 5.91 Å². The van der Waals surface area contributed by atoms with Crippen molar-refractivity contribution in [3.63, 3.8) is 0 Å². The lowest BCUT2D eigenvalue weighted by Gasteiger charge is -2.11. The molecule has 2 N–H and O–H groups in total. The second kappa shape index (κ2) is 7.95. The number of benzene rings is 2. The molecule has 0 radical (unpaired) electrons. The predicted molar refractivity (Wildman–Crippen MR) is 105 cm³/mol. The van der Waals surface area contributed by atoms with E-state index in [2.05, 4.69) is 10.6 Å². The lowest BCUT2D eigenvalue weighted by atomic mass is 10.1. The minimum absolute atomic E-state index is 0.0523. The maximum atomic E-state index is 12.9. The Balaban J connectivity index is 1.98. The van der Waals surface area contributed by atoms with Gasteiger partial charge in [-0.25, -0.2) is 0 Å². The number of para-hydroxylation sites is 3. The Morgan fingerprint density at radius 1 is 1.04 bits per heavy atom. The molecule has 3 rings (SSSR count). The normalized spacial score (nSPS) is 10.8. The third kappa shape index (κ3) is 3.95. The average Bonchev–Trinajstić information content (AvgIpc) is 3.02. The van der Waals surface area contributed by atoms with E-state index < -0.39 is 5.91 Å². The smallest absolute Gasteiger partial charge is 0.293 e. The fourth-order valence-electron chi connectivity index (χ4n) is 2.63. The first-order valence-corrected chi connectivity index (χ1v) is 8.86. The van der Waals surface area contributed by atoms with Crippen LogP contribution in [0.1, 0.15) is 31.3 Å². The Morgan fingerprint density at radius 2 is 1.74 bits per heavy atom. The molecule has 0 unspecified atom stereocenters. The van der Waals surface area contributed by atoms with Crippen molar-refractivity contribution in [3.05, 3.63) is 54.3 Å². The second-order valence-electron chi connectivity index (χ2n) is 6.33. The van der Waals surface area contributed by atoms with Crippen LogP contribution >= 0.6 is 0 Å². The first kappa shape index (κ1) is 18.5. The number of amides is 2. The number of hydrogen-bond acceptors (Lipinski definition) is 4. The van der Waals surface area contributed by atoms with Gasteiger partial charge in [0.05, 0.1) is 12.3 Å². The van der Waals surface area contributed by atoms with Gasteiger partial charge < -0.3 is 19.8 Å². The lowest BCUT2D eigenvalue weighted by molar-refractivity contribution is -0.118. The van der Waals surface area contributed by atoms with E-state index >= 15 is 0 Å². The molecule has 6 nitrogen and oxygen atoms in total. The van der Waals surface area contributed by atoms with E-state index in [1.807, 2.05) is 25.1 Å². The van der Waals surface area contributed by atoms with Crippen molar-refractivity contribution in [2.45, 2.75) is 20.8 Å². The van der Waals surface area contributed by atoms with Crippen molar-refractivity contribution in [1.82, 2.24) is 0 Å². The summed E-state index contributed by atoms with van der Waals surface area (Å²) in [5, 5.41) is 6.30. The summed E-state index contributed by atoms with van der Waals surface area (Å²) in [5.74, 6) is -0.260. The standard InChI is InChI=1S/C21H22N2O4/c1-4-26-17-12-8-6-10-15(17)22-21(25)19-18(23-20(24)13(2)3)14-9-5-7-11-16(14)27-19/h5-13H,4H2,1-3H3,(H,22,25)(H,23,24). The summed E-state index contributed by atoms with van der Waals surface area (Å²) in [6.07, 6.45) is 0. The molecule has 0 spiro atoms. The molecule has 0 saturated carbocycles. The van der Waals surface area contributed by atoms with Gasteiger partial charge in [0.1, 0.15) is 17.0 Å². The first-order valence-electron chi connectivity index (χ1n) is 8.86. The Labute approximate surface area is 157 Å². The van der Waals surface area contributed by atoms with Gasteiger partial charge in [-0.2, -0.15) is 0 Å². The van der Waals surface area contributed by atoms with Crippen LogP contribution in [0.25, 0.3) is 11.0 Å².